The highest BCUT2D eigenvalue weighted by atomic mass is 35.5. The first-order chi connectivity index (χ1) is 9.26. The van der Waals surface area contributed by atoms with Gasteiger partial charge in [0.05, 0.1) is 16.8 Å². The van der Waals surface area contributed by atoms with E-state index in [9.17, 15) is 0 Å². The van der Waals surface area contributed by atoms with Crippen molar-refractivity contribution in [3.8, 4) is 11.5 Å². The van der Waals surface area contributed by atoms with Crippen molar-refractivity contribution in [3.05, 3.63) is 17.2 Å². The van der Waals surface area contributed by atoms with E-state index in [0.717, 1.165) is 42.9 Å². The first kappa shape index (κ1) is 12.9. The molecule has 0 spiro atoms. The first-order valence-electron chi connectivity index (χ1n) is 6.64. The summed E-state index contributed by atoms with van der Waals surface area (Å²) in [5.41, 5.74) is 0.923. The molecule has 1 N–H and O–H groups in total. The van der Waals surface area contributed by atoms with Gasteiger partial charge in [0.1, 0.15) is 0 Å². The number of benzene rings is 1. The van der Waals surface area contributed by atoms with Gasteiger partial charge in [0, 0.05) is 25.3 Å². The molecule has 1 aromatic carbocycles. The average Bonchev–Trinajstić information content (AvgIpc) is 2.87. The van der Waals surface area contributed by atoms with Crippen molar-refractivity contribution < 1.29 is 14.2 Å². The Morgan fingerprint density at radius 2 is 1.84 bits per heavy atom. The van der Waals surface area contributed by atoms with Crippen LogP contribution in [0.1, 0.15) is 25.7 Å². The van der Waals surface area contributed by atoms with E-state index in [0.29, 0.717) is 17.2 Å². The average molecular weight is 284 g/mol. The fraction of sp³-hybridized carbons (Fsp3) is 0.571. The quantitative estimate of drug-likeness (QED) is 0.922. The zero-order chi connectivity index (χ0) is 13.2. The molecule has 1 heterocycles. The normalized spacial score (nSPS) is 25.4. The number of halogens is 1. The van der Waals surface area contributed by atoms with Gasteiger partial charge in [-0.3, -0.25) is 0 Å². The lowest BCUT2D eigenvalue weighted by molar-refractivity contribution is 0.0682. The molecule has 2 aliphatic rings. The van der Waals surface area contributed by atoms with Crippen LogP contribution in [-0.4, -0.2) is 26.0 Å². The molecule has 5 heteroatoms. The molecule has 0 saturated heterocycles. The zero-order valence-corrected chi connectivity index (χ0v) is 11.7. The minimum atomic E-state index is 0.272. The van der Waals surface area contributed by atoms with Crippen molar-refractivity contribution in [3.63, 3.8) is 0 Å². The van der Waals surface area contributed by atoms with Crippen molar-refractivity contribution in [1.29, 1.82) is 0 Å². The van der Waals surface area contributed by atoms with Gasteiger partial charge >= 0.3 is 0 Å². The zero-order valence-electron chi connectivity index (χ0n) is 10.9. The fourth-order valence-electron chi connectivity index (χ4n) is 2.69. The molecule has 1 saturated carbocycles. The smallest absolute Gasteiger partial charge is 0.231 e. The van der Waals surface area contributed by atoms with Gasteiger partial charge in [0.25, 0.3) is 0 Å². The van der Waals surface area contributed by atoms with Crippen LogP contribution in [-0.2, 0) is 4.74 Å². The van der Waals surface area contributed by atoms with Crippen molar-refractivity contribution in [2.45, 2.75) is 37.8 Å². The Labute approximate surface area is 118 Å². The molecule has 4 nitrogen and oxygen atoms in total. The highest BCUT2D eigenvalue weighted by Crippen LogP contribution is 2.40. The molecule has 1 fully saturated rings. The second kappa shape index (κ2) is 5.47. The van der Waals surface area contributed by atoms with Crippen LogP contribution in [0.5, 0.6) is 11.5 Å². The number of hydrogen-bond donors (Lipinski definition) is 1. The molecule has 0 aromatic heterocycles. The molecule has 0 amide bonds. The molecule has 0 unspecified atom stereocenters. The molecular weight excluding hydrogens is 266 g/mol. The largest absolute Gasteiger partial charge is 0.454 e. The van der Waals surface area contributed by atoms with Gasteiger partial charge in [-0.25, -0.2) is 0 Å². The monoisotopic (exact) mass is 283 g/mol. The van der Waals surface area contributed by atoms with Gasteiger partial charge in [-0.2, -0.15) is 0 Å². The molecule has 3 rings (SSSR count). The van der Waals surface area contributed by atoms with E-state index in [-0.39, 0.29) is 6.79 Å². The summed E-state index contributed by atoms with van der Waals surface area (Å²) in [5, 5.41) is 4.18. The number of methoxy groups -OCH3 is 1. The highest BCUT2D eigenvalue weighted by Gasteiger charge is 2.22. The van der Waals surface area contributed by atoms with E-state index < -0.39 is 0 Å². The van der Waals surface area contributed by atoms with Crippen LogP contribution in [0.25, 0.3) is 0 Å². The molecule has 0 radical (unpaired) electrons. The summed E-state index contributed by atoms with van der Waals surface area (Å²) in [6, 6.07) is 4.18. The van der Waals surface area contributed by atoms with Crippen LogP contribution in [0.2, 0.25) is 5.02 Å². The maximum atomic E-state index is 6.26. The molecule has 1 aromatic rings. The Morgan fingerprint density at radius 3 is 2.53 bits per heavy atom. The van der Waals surface area contributed by atoms with Crippen LogP contribution in [0.4, 0.5) is 5.69 Å². The maximum Gasteiger partial charge on any atom is 0.231 e. The fourth-order valence-corrected chi connectivity index (χ4v) is 2.90. The Balaban J connectivity index is 1.67. The number of fused-ring (bicyclic) bond motifs is 1. The lowest BCUT2D eigenvalue weighted by Gasteiger charge is -2.29. The van der Waals surface area contributed by atoms with Gasteiger partial charge in [0.2, 0.25) is 6.79 Å². The molecule has 0 bridgehead atoms. The van der Waals surface area contributed by atoms with Crippen molar-refractivity contribution in [2.24, 2.45) is 0 Å². The summed E-state index contributed by atoms with van der Waals surface area (Å²) in [4.78, 5) is 0. The third-order valence-electron chi connectivity index (χ3n) is 3.83. The molecule has 1 aliphatic carbocycles. The lowest BCUT2D eigenvalue weighted by atomic mass is 9.93. The van der Waals surface area contributed by atoms with Crippen LogP contribution < -0.4 is 14.8 Å². The third kappa shape index (κ3) is 2.74. The van der Waals surface area contributed by atoms with E-state index in [1.807, 2.05) is 12.1 Å². The molecule has 0 atom stereocenters. The maximum absolute atomic E-state index is 6.26. The Kier molecular flexibility index (Phi) is 3.71. The highest BCUT2D eigenvalue weighted by molar-refractivity contribution is 6.33. The standard InChI is InChI=1S/C14H18ClNO3/c1-17-10-4-2-9(3-5-10)16-12-7-14-13(6-11(12)15)18-8-19-14/h6-7,9-10,16H,2-5,8H2,1H3. The first-order valence-corrected chi connectivity index (χ1v) is 7.02. The topological polar surface area (TPSA) is 39.7 Å². The molecule has 19 heavy (non-hydrogen) atoms. The van der Waals surface area contributed by atoms with E-state index in [1.165, 1.54) is 0 Å². The Morgan fingerprint density at radius 1 is 1.16 bits per heavy atom. The van der Waals surface area contributed by atoms with Crippen molar-refractivity contribution in [1.82, 2.24) is 0 Å². The molecule has 1 aliphatic heterocycles. The van der Waals surface area contributed by atoms with Gasteiger partial charge in [-0.15, -0.1) is 0 Å². The van der Waals surface area contributed by atoms with Gasteiger partial charge in [0.15, 0.2) is 11.5 Å². The van der Waals surface area contributed by atoms with Crippen molar-refractivity contribution >= 4 is 17.3 Å². The number of rotatable bonds is 3. The van der Waals surface area contributed by atoms with Crippen molar-refractivity contribution in [2.75, 3.05) is 19.2 Å². The third-order valence-corrected chi connectivity index (χ3v) is 4.14. The number of ether oxygens (including phenoxy) is 3. The predicted molar refractivity (Wildman–Crippen MR) is 74.3 cm³/mol. The van der Waals surface area contributed by atoms with E-state index >= 15 is 0 Å². The number of nitrogens with one attached hydrogen (secondary N) is 1. The van der Waals surface area contributed by atoms with Crippen LogP contribution in [0, 0.1) is 0 Å². The van der Waals surface area contributed by atoms with Crippen LogP contribution in [0.3, 0.4) is 0 Å². The summed E-state index contributed by atoms with van der Waals surface area (Å²) in [5.74, 6) is 1.48. The lowest BCUT2D eigenvalue weighted by Crippen LogP contribution is -2.29. The van der Waals surface area contributed by atoms with Gasteiger partial charge < -0.3 is 19.5 Å². The van der Waals surface area contributed by atoms with Gasteiger partial charge in [-0.1, -0.05) is 11.6 Å². The van der Waals surface area contributed by atoms with E-state index in [4.69, 9.17) is 25.8 Å². The van der Waals surface area contributed by atoms with E-state index in [2.05, 4.69) is 5.32 Å². The minimum absolute atomic E-state index is 0.272. The second-order valence-corrected chi connectivity index (χ2v) is 5.45. The Bertz CT molecular complexity index is 458. The number of hydrogen-bond acceptors (Lipinski definition) is 4. The van der Waals surface area contributed by atoms with E-state index in [1.54, 1.807) is 7.11 Å². The summed E-state index contributed by atoms with van der Waals surface area (Å²) in [6.45, 7) is 0.272. The molecule has 104 valence electrons. The van der Waals surface area contributed by atoms with Gasteiger partial charge in [-0.05, 0) is 25.7 Å². The SMILES string of the molecule is COC1CCC(Nc2cc3c(cc2Cl)OCO3)CC1. The van der Waals surface area contributed by atoms with Crippen LogP contribution in [0.15, 0.2) is 12.1 Å². The Hall–Kier alpha value is -1.13. The number of anilines is 1. The summed E-state index contributed by atoms with van der Waals surface area (Å²) in [7, 11) is 1.78. The predicted octanol–water partition coefficient (Wildman–Crippen LogP) is 3.44. The van der Waals surface area contributed by atoms with Crippen LogP contribution >= 0.6 is 11.6 Å². The summed E-state index contributed by atoms with van der Waals surface area (Å²) < 4.78 is 16.1. The second-order valence-electron chi connectivity index (χ2n) is 5.04. The minimum Gasteiger partial charge on any atom is -0.454 e. The summed E-state index contributed by atoms with van der Waals surface area (Å²) in [6.07, 6.45) is 4.80. The molecular formula is C14H18ClNO3. The summed E-state index contributed by atoms with van der Waals surface area (Å²) >= 11 is 6.26.